The summed E-state index contributed by atoms with van der Waals surface area (Å²) in [6, 6.07) is 13.0. The van der Waals surface area contributed by atoms with Gasteiger partial charge in [-0.3, -0.25) is 9.59 Å². The van der Waals surface area contributed by atoms with Crippen molar-refractivity contribution >= 4 is 17.5 Å². The molecule has 0 spiro atoms. The highest BCUT2D eigenvalue weighted by atomic mass is 16.3. The number of anilines is 1. The number of carbonyl (C=O) groups is 2. The number of nitrogens with one attached hydrogen (secondary N) is 2. The Labute approximate surface area is 176 Å². The summed E-state index contributed by atoms with van der Waals surface area (Å²) >= 11 is 0. The van der Waals surface area contributed by atoms with E-state index >= 15 is 0 Å². The minimum absolute atomic E-state index is 0.0544. The summed E-state index contributed by atoms with van der Waals surface area (Å²) in [7, 11) is 0. The van der Waals surface area contributed by atoms with Gasteiger partial charge in [0.05, 0.1) is 18.4 Å². The van der Waals surface area contributed by atoms with E-state index in [9.17, 15) is 9.59 Å². The van der Waals surface area contributed by atoms with E-state index in [1.165, 1.54) is 12.8 Å². The fraction of sp³-hybridized carbons (Fsp3) is 0.333. The van der Waals surface area contributed by atoms with Crippen LogP contribution in [0.15, 0.2) is 53.1 Å². The van der Waals surface area contributed by atoms with Gasteiger partial charge in [0.2, 0.25) is 0 Å². The largest absolute Gasteiger partial charge is 0.467 e. The average Bonchev–Trinajstić information content (AvgIpc) is 3.48. The third-order valence-corrected chi connectivity index (χ3v) is 5.81. The molecule has 2 amide bonds. The van der Waals surface area contributed by atoms with Gasteiger partial charge in [0.15, 0.2) is 0 Å². The van der Waals surface area contributed by atoms with E-state index in [4.69, 9.17) is 4.42 Å². The van der Waals surface area contributed by atoms with Gasteiger partial charge >= 0.3 is 0 Å². The van der Waals surface area contributed by atoms with Crippen LogP contribution in [-0.4, -0.2) is 22.4 Å². The van der Waals surface area contributed by atoms with Gasteiger partial charge in [0.25, 0.3) is 11.8 Å². The number of carbonyl (C=O) groups excluding carboxylic acids is 2. The van der Waals surface area contributed by atoms with Crippen molar-refractivity contribution in [2.75, 3.05) is 5.32 Å². The van der Waals surface area contributed by atoms with Gasteiger partial charge < -0.3 is 19.6 Å². The molecule has 156 valence electrons. The topological polar surface area (TPSA) is 76.3 Å². The molecule has 6 nitrogen and oxygen atoms in total. The highest BCUT2D eigenvalue weighted by molar-refractivity contribution is 6.05. The van der Waals surface area contributed by atoms with Crippen molar-refractivity contribution < 1.29 is 14.0 Å². The van der Waals surface area contributed by atoms with Crippen LogP contribution in [0.2, 0.25) is 0 Å². The molecule has 30 heavy (non-hydrogen) atoms. The van der Waals surface area contributed by atoms with E-state index in [2.05, 4.69) is 15.2 Å². The molecule has 0 aliphatic heterocycles. The SMILES string of the molecule is Cc1cc(C(=O)Nc2ccc(C(=O)NC3CCCC3)cc2)c(C)n1Cc1ccco1. The number of aromatic nitrogens is 1. The Morgan fingerprint density at radius 2 is 1.80 bits per heavy atom. The normalized spacial score (nSPS) is 14.1. The van der Waals surface area contributed by atoms with Crippen molar-refractivity contribution in [3.63, 3.8) is 0 Å². The first-order valence-electron chi connectivity index (χ1n) is 10.4. The number of hydrogen-bond donors (Lipinski definition) is 2. The minimum Gasteiger partial charge on any atom is -0.467 e. The van der Waals surface area contributed by atoms with Crippen LogP contribution in [0.1, 0.15) is 63.5 Å². The predicted molar refractivity (Wildman–Crippen MR) is 116 cm³/mol. The first kappa shape index (κ1) is 20.0. The van der Waals surface area contributed by atoms with E-state index in [1.54, 1.807) is 30.5 Å². The summed E-state index contributed by atoms with van der Waals surface area (Å²) in [6.07, 6.45) is 6.11. The summed E-state index contributed by atoms with van der Waals surface area (Å²) in [5.41, 5.74) is 3.77. The molecule has 2 heterocycles. The van der Waals surface area contributed by atoms with Gasteiger partial charge in [0.1, 0.15) is 5.76 Å². The molecule has 1 aliphatic carbocycles. The van der Waals surface area contributed by atoms with Crippen LogP contribution in [0.4, 0.5) is 5.69 Å². The van der Waals surface area contributed by atoms with Crippen LogP contribution in [-0.2, 0) is 6.54 Å². The second kappa shape index (κ2) is 8.61. The lowest BCUT2D eigenvalue weighted by molar-refractivity contribution is 0.0937. The summed E-state index contributed by atoms with van der Waals surface area (Å²) in [4.78, 5) is 25.2. The Morgan fingerprint density at radius 1 is 1.07 bits per heavy atom. The van der Waals surface area contributed by atoms with Crippen molar-refractivity contribution in [2.24, 2.45) is 0 Å². The maximum Gasteiger partial charge on any atom is 0.257 e. The zero-order valence-corrected chi connectivity index (χ0v) is 17.4. The molecule has 6 heteroatoms. The second-order valence-electron chi connectivity index (χ2n) is 7.94. The van der Waals surface area contributed by atoms with Crippen LogP contribution in [0.3, 0.4) is 0 Å². The summed E-state index contributed by atoms with van der Waals surface area (Å²) < 4.78 is 7.49. The zero-order chi connectivity index (χ0) is 21.1. The van der Waals surface area contributed by atoms with Crippen LogP contribution >= 0.6 is 0 Å². The fourth-order valence-electron chi connectivity index (χ4n) is 4.07. The molecule has 1 aliphatic rings. The maximum absolute atomic E-state index is 12.8. The monoisotopic (exact) mass is 405 g/mol. The predicted octanol–water partition coefficient (Wildman–Crippen LogP) is 4.67. The van der Waals surface area contributed by atoms with Gasteiger partial charge in [-0.05, 0) is 69.2 Å². The summed E-state index contributed by atoms with van der Waals surface area (Å²) in [6.45, 7) is 4.49. The molecule has 3 aromatic rings. The number of amides is 2. The standard InChI is InChI=1S/C24H27N3O3/c1-16-14-22(17(2)27(16)15-21-8-5-13-30-21)24(29)26-20-11-9-18(10-12-20)23(28)25-19-6-3-4-7-19/h5,8-14,19H,3-4,6-7,15H2,1-2H3,(H,25,28)(H,26,29). The maximum atomic E-state index is 12.8. The zero-order valence-electron chi connectivity index (χ0n) is 17.4. The molecule has 0 unspecified atom stereocenters. The quantitative estimate of drug-likeness (QED) is 0.626. The Balaban J connectivity index is 1.42. The lowest BCUT2D eigenvalue weighted by Gasteiger charge is -2.12. The number of aryl methyl sites for hydroxylation is 1. The van der Waals surface area contributed by atoms with Gasteiger partial charge in [-0.15, -0.1) is 0 Å². The number of nitrogens with zero attached hydrogens (tertiary/aromatic N) is 1. The van der Waals surface area contributed by atoms with E-state index in [1.807, 2.05) is 32.0 Å². The van der Waals surface area contributed by atoms with E-state index in [-0.39, 0.29) is 17.9 Å². The number of benzene rings is 1. The molecule has 0 atom stereocenters. The van der Waals surface area contributed by atoms with Gasteiger partial charge in [-0.2, -0.15) is 0 Å². The molecule has 2 aromatic heterocycles. The first-order valence-corrected chi connectivity index (χ1v) is 10.4. The molecular weight excluding hydrogens is 378 g/mol. The van der Waals surface area contributed by atoms with Crippen molar-refractivity contribution in [2.45, 2.75) is 52.1 Å². The van der Waals surface area contributed by atoms with E-state index < -0.39 is 0 Å². The Hall–Kier alpha value is -3.28. The number of furan rings is 1. The third kappa shape index (κ3) is 4.32. The molecule has 0 radical (unpaired) electrons. The smallest absolute Gasteiger partial charge is 0.257 e. The Bertz CT molecular complexity index is 1030. The molecule has 1 saturated carbocycles. The summed E-state index contributed by atoms with van der Waals surface area (Å²) in [5, 5.41) is 6.01. The lowest BCUT2D eigenvalue weighted by atomic mass is 10.1. The van der Waals surface area contributed by atoms with Gasteiger partial charge in [-0.1, -0.05) is 12.8 Å². The Morgan fingerprint density at radius 3 is 2.47 bits per heavy atom. The van der Waals surface area contributed by atoms with E-state index in [0.717, 1.165) is 30.0 Å². The van der Waals surface area contributed by atoms with Crippen LogP contribution in [0.5, 0.6) is 0 Å². The van der Waals surface area contributed by atoms with Crippen molar-refractivity contribution in [3.8, 4) is 0 Å². The Kier molecular flexibility index (Phi) is 5.74. The molecule has 1 aromatic carbocycles. The highest BCUT2D eigenvalue weighted by Gasteiger charge is 2.19. The molecule has 4 rings (SSSR count). The average molecular weight is 405 g/mol. The first-order chi connectivity index (χ1) is 14.5. The lowest BCUT2D eigenvalue weighted by Crippen LogP contribution is -2.32. The summed E-state index contributed by atoms with van der Waals surface area (Å²) in [5.74, 6) is 0.619. The molecule has 1 fully saturated rings. The molecular formula is C24H27N3O3. The molecule has 0 bridgehead atoms. The fourth-order valence-corrected chi connectivity index (χ4v) is 4.07. The molecule has 0 saturated heterocycles. The third-order valence-electron chi connectivity index (χ3n) is 5.81. The minimum atomic E-state index is -0.169. The van der Waals surface area contributed by atoms with Crippen LogP contribution in [0.25, 0.3) is 0 Å². The van der Waals surface area contributed by atoms with E-state index in [0.29, 0.717) is 23.4 Å². The van der Waals surface area contributed by atoms with Gasteiger partial charge in [-0.25, -0.2) is 0 Å². The van der Waals surface area contributed by atoms with Crippen molar-refractivity contribution in [1.29, 1.82) is 0 Å². The number of hydrogen-bond acceptors (Lipinski definition) is 3. The van der Waals surface area contributed by atoms with Gasteiger partial charge in [0, 0.05) is 28.7 Å². The molecule has 2 N–H and O–H groups in total. The van der Waals surface area contributed by atoms with Crippen LogP contribution in [0, 0.1) is 13.8 Å². The second-order valence-corrected chi connectivity index (χ2v) is 7.94. The number of rotatable bonds is 6. The van der Waals surface area contributed by atoms with Crippen molar-refractivity contribution in [3.05, 3.63) is 77.0 Å². The van der Waals surface area contributed by atoms with Crippen molar-refractivity contribution in [1.82, 2.24) is 9.88 Å². The van der Waals surface area contributed by atoms with Crippen LogP contribution < -0.4 is 10.6 Å². The highest BCUT2D eigenvalue weighted by Crippen LogP contribution is 2.20.